The van der Waals surface area contributed by atoms with Crippen molar-refractivity contribution in [2.75, 3.05) is 26.3 Å². The number of hydrogen-bond acceptors (Lipinski definition) is 4. The first-order valence-corrected chi connectivity index (χ1v) is 9.05. The van der Waals surface area contributed by atoms with Gasteiger partial charge in [-0.25, -0.2) is 0 Å². The summed E-state index contributed by atoms with van der Waals surface area (Å²) < 4.78 is 11.3. The van der Waals surface area contributed by atoms with Crippen molar-refractivity contribution in [2.24, 2.45) is 0 Å². The summed E-state index contributed by atoms with van der Waals surface area (Å²) in [7, 11) is 0. The molecule has 4 rings (SSSR count). The Kier molecular flexibility index (Phi) is 5.09. The first-order chi connectivity index (χ1) is 13.2. The number of nitrogens with one attached hydrogen (secondary N) is 1. The molecule has 0 amide bonds. The predicted octanol–water partition coefficient (Wildman–Crippen LogP) is 3.20. The van der Waals surface area contributed by atoms with Gasteiger partial charge in [-0.2, -0.15) is 0 Å². The molecule has 27 heavy (non-hydrogen) atoms. The van der Waals surface area contributed by atoms with Crippen molar-refractivity contribution in [3.05, 3.63) is 65.9 Å². The number of H-pyrrole nitrogens is 1. The Bertz CT molecular complexity index is 916. The summed E-state index contributed by atoms with van der Waals surface area (Å²) in [6, 6.07) is 15.0. The molecule has 2 heterocycles. The third-order valence-corrected chi connectivity index (χ3v) is 4.87. The zero-order valence-corrected chi connectivity index (χ0v) is 14.9. The highest BCUT2D eigenvalue weighted by atomic mass is 16.5. The van der Waals surface area contributed by atoms with E-state index >= 15 is 0 Å². The molecule has 3 aromatic rings. The van der Waals surface area contributed by atoms with Crippen LogP contribution in [0.25, 0.3) is 10.9 Å². The Balaban J connectivity index is 1.61. The standard InChI is InChI=1S/C21H22N2O4/c24-21(25)20(23-8-10-26-11-9-23)18-13-22-19-7-6-16(12-17(18)19)27-14-15-4-2-1-3-5-15/h1-7,12-13,20,22H,8-11,14H2,(H,24,25)/t20-/m0/s1. The Hall–Kier alpha value is -2.83. The first-order valence-electron chi connectivity index (χ1n) is 9.05. The minimum Gasteiger partial charge on any atom is -0.489 e. The second kappa shape index (κ2) is 7.82. The minimum atomic E-state index is -0.853. The maximum atomic E-state index is 12.0. The number of aromatic amines is 1. The highest BCUT2D eigenvalue weighted by Crippen LogP contribution is 2.31. The SMILES string of the molecule is O=C(O)[C@H](c1c[nH]c2ccc(OCc3ccccc3)cc12)N1CCOCC1. The van der Waals surface area contributed by atoms with Crippen LogP contribution in [-0.2, 0) is 16.1 Å². The van der Waals surface area contributed by atoms with E-state index < -0.39 is 12.0 Å². The van der Waals surface area contributed by atoms with Crippen LogP contribution in [0.4, 0.5) is 0 Å². The molecule has 1 aliphatic rings. The third-order valence-electron chi connectivity index (χ3n) is 4.87. The summed E-state index contributed by atoms with van der Waals surface area (Å²) in [5.41, 5.74) is 2.74. The van der Waals surface area contributed by atoms with Gasteiger partial charge < -0.3 is 19.6 Å². The van der Waals surface area contributed by atoms with Gasteiger partial charge in [0.15, 0.2) is 0 Å². The lowest BCUT2D eigenvalue weighted by molar-refractivity contribution is -0.145. The van der Waals surface area contributed by atoms with Gasteiger partial charge in [-0.1, -0.05) is 30.3 Å². The highest BCUT2D eigenvalue weighted by molar-refractivity contribution is 5.90. The number of carboxylic acids is 1. The number of aromatic nitrogens is 1. The van der Waals surface area contributed by atoms with Crippen LogP contribution in [0.5, 0.6) is 5.75 Å². The van der Waals surface area contributed by atoms with Gasteiger partial charge in [0.25, 0.3) is 0 Å². The van der Waals surface area contributed by atoms with E-state index in [-0.39, 0.29) is 0 Å². The van der Waals surface area contributed by atoms with Gasteiger partial charge in [-0.15, -0.1) is 0 Å². The minimum absolute atomic E-state index is 0.470. The van der Waals surface area contributed by atoms with Crippen LogP contribution in [0.3, 0.4) is 0 Å². The Morgan fingerprint density at radius 1 is 1.19 bits per heavy atom. The van der Waals surface area contributed by atoms with Crippen LogP contribution in [0.2, 0.25) is 0 Å². The molecule has 1 saturated heterocycles. The summed E-state index contributed by atoms with van der Waals surface area (Å²) in [5, 5.41) is 10.7. The summed E-state index contributed by atoms with van der Waals surface area (Å²) in [6.07, 6.45) is 1.79. The number of carbonyl (C=O) groups is 1. The van der Waals surface area contributed by atoms with Crippen molar-refractivity contribution in [2.45, 2.75) is 12.6 Å². The van der Waals surface area contributed by atoms with Gasteiger partial charge >= 0.3 is 5.97 Å². The van der Waals surface area contributed by atoms with E-state index in [0.717, 1.165) is 27.8 Å². The van der Waals surface area contributed by atoms with Gasteiger partial charge in [-0.3, -0.25) is 9.69 Å². The van der Waals surface area contributed by atoms with Crippen molar-refractivity contribution in [1.82, 2.24) is 9.88 Å². The third kappa shape index (κ3) is 3.82. The van der Waals surface area contributed by atoms with Crippen LogP contribution in [-0.4, -0.2) is 47.3 Å². The molecule has 1 aromatic heterocycles. The number of carboxylic acid groups (broad SMARTS) is 1. The summed E-state index contributed by atoms with van der Waals surface area (Å²) >= 11 is 0. The molecule has 0 unspecified atom stereocenters. The van der Waals surface area contributed by atoms with Gasteiger partial charge in [0.05, 0.1) is 13.2 Å². The van der Waals surface area contributed by atoms with Crippen LogP contribution in [0.15, 0.2) is 54.7 Å². The van der Waals surface area contributed by atoms with Crippen LogP contribution >= 0.6 is 0 Å². The molecule has 6 nitrogen and oxygen atoms in total. The van der Waals surface area contributed by atoms with Gasteiger partial charge in [0.1, 0.15) is 18.4 Å². The van der Waals surface area contributed by atoms with E-state index in [1.807, 2.05) is 53.4 Å². The predicted molar refractivity (Wildman–Crippen MR) is 102 cm³/mol. The lowest BCUT2D eigenvalue weighted by Crippen LogP contribution is -2.42. The number of morpholine rings is 1. The highest BCUT2D eigenvalue weighted by Gasteiger charge is 2.30. The zero-order chi connectivity index (χ0) is 18.6. The number of ether oxygens (including phenoxy) is 2. The molecule has 6 heteroatoms. The van der Waals surface area contributed by atoms with Crippen molar-refractivity contribution >= 4 is 16.9 Å². The quantitative estimate of drug-likeness (QED) is 0.701. The summed E-state index contributed by atoms with van der Waals surface area (Å²) in [5.74, 6) is -0.133. The fourth-order valence-electron chi connectivity index (χ4n) is 3.50. The molecular formula is C21H22N2O4. The van der Waals surface area contributed by atoms with Gasteiger partial charge in [-0.05, 0) is 23.8 Å². The number of aliphatic carboxylic acids is 1. The largest absolute Gasteiger partial charge is 0.489 e. The molecule has 0 saturated carbocycles. The summed E-state index contributed by atoms with van der Waals surface area (Å²) in [4.78, 5) is 17.1. The molecule has 1 atom stereocenters. The smallest absolute Gasteiger partial charge is 0.325 e. The number of nitrogens with zero attached hydrogens (tertiary/aromatic N) is 1. The second-order valence-electron chi connectivity index (χ2n) is 6.61. The first kappa shape index (κ1) is 17.6. The number of hydrogen-bond donors (Lipinski definition) is 2. The Labute approximate surface area is 157 Å². The summed E-state index contributed by atoms with van der Waals surface area (Å²) in [6.45, 7) is 2.79. The molecule has 0 radical (unpaired) electrons. The van der Waals surface area contributed by atoms with E-state index in [9.17, 15) is 9.90 Å². The second-order valence-corrected chi connectivity index (χ2v) is 6.61. The van der Waals surface area contributed by atoms with E-state index in [1.165, 1.54) is 0 Å². The van der Waals surface area contributed by atoms with Crippen molar-refractivity contribution < 1.29 is 19.4 Å². The molecule has 2 N–H and O–H groups in total. The molecule has 1 fully saturated rings. The van der Waals surface area contributed by atoms with Gasteiger partial charge in [0.2, 0.25) is 0 Å². The van der Waals surface area contributed by atoms with Crippen LogP contribution in [0, 0.1) is 0 Å². The number of benzene rings is 2. The normalized spacial score (nSPS) is 16.3. The van der Waals surface area contributed by atoms with Crippen molar-refractivity contribution in [3.63, 3.8) is 0 Å². The van der Waals surface area contributed by atoms with Gasteiger partial charge in [0, 0.05) is 35.8 Å². The molecule has 1 aliphatic heterocycles. The Morgan fingerprint density at radius 3 is 2.70 bits per heavy atom. The zero-order valence-electron chi connectivity index (χ0n) is 14.9. The number of fused-ring (bicyclic) bond motifs is 1. The van der Waals surface area contributed by atoms with Crippen LogP contribution < -0.4 is 4.74 Å². The molecule has 140 valence electrons. The fourth-order valence-corrected chi connectivity index (χ4v) is 3.50. The van der Waals surface area contributed by atoms with Crippen molar-refractivity contribution in [3.8, 4) is 5.75 Å². The Morgan fingerprint density at radius 2 is 1.96 bits per heavy atom. The number of rotatable bonds is 6. The average Bonchev–Trinajstić information content (AvgIpc) is 3.11. The maximum absolute atomic E-state index is 12.0. The lowest BCUT2D eigenvalue weighted by Gasteiger charge is -2.31. The molecule has 0 spiro atoms. The van der Waals surface area contributed by atoms with E-state index in [4.69, 9.17) is 9.47 Å². The van der Waals surface area contributed by atoms with Crippen molar-refractivity contribution in [1.29, 1.82) is 0 Å². The lowest BCUT2D eigenvalue weighted by atomic mass is 10.0. The molecule has 2 aromatic carbocycles. The van der Waals surface area contributed by atoms with E-state index in [0.29, 0.717) is 32.9 Å². The van der Waals surface area contributed by atoms with E-state index in [2.05, 4.69) is 4.98 Å². The fraction of sp³-hybridized carbons (Fsp3) is 0.286. The molecular weight excluding hydrogens is 344 g/mol. The monoisotopic (exact) mass is 366 g/mol. The molecule has 0 bridgehead atoms. The molecule has 0 aliphatic carbocycles. The topological polar surface area (TPSA) is 74.8 Å². The average molecular weight is 366 g/mol. The van der Waals surface area contributed by atoms with Crippen LogP contribution in [0.1, 0.15) is 17.2 Å². The maximum Gasteiger partial charge on any atom is 0.325 e. The van der Waals surface area contributed by atoms with E-state index in [1.54, 1.807) is 6.20 Å².